The van der Waals surface area contributed by atoms with Crippen molar-refractivity contribution in [1.82, 2.24) is 15.1 Å². The summed E-state index contributed by atoms with van der Waals surface area (Å²) >= 11 is 0. The number of halogens is 1. The minimum atomic E-state index is 0. The molecule has 1 unspecified atom stereocenters. The summed E-state index contributed by atoms with van der Waals surface area (Å²) in [5.41, 5.74) is 0.401. The fourth-order valence-corrected chi connectivity index (χ4v) is 2.88. The zero-order valence-corrected chi connectivity index (χ0v) is 16.2. The predicted molar refractivity (Wildman–Crippen MR) is 98.6 cm³/mol. The van der Waals surface area contributed by atoms with Crippen LogP contribution in [0.4, 0.5) is 0 Å². The van der Waals surface area contributed by atoms with Gasteiger partial charge in [-0.15, -0.1) is 24.0 Å². The van der Waals surface area contributed by atoms with E-state index in [0.29, 0.717) is 5.41 Å². The molecule has 0 amide bonds. The van der Waals surface area contributed by atoms with Gasteiger partial charge in [-0.05, 0) is 25.8 Å². The van der Waals surface area contributed by atoms with E-state index in [0.717, 1.165) is 51.8 Å². The number of morpholine rings is 1. The van der Waals surface area contributed by atoms with Crippen LogP contribution >= 0.6 is 24.0 Å². The zero-order valence-electron chi connectivity index (χ0n) is 13.9. The number of likely N-dealkylation sites (N-methyl/N-ethyl adjacent to an activating group) is 1. The molecule has 6 heteroatoms. The molecule has 21 heavy (non-hydrogen) atoms. The third-order valence-corrected chi connectivity index (χ3v) is 4.10. The van der Waals surface area contributed by atoms with Gasteiger partial charge in [-0.1, -0.05) is 13.8 Å². The summed E-state index contributed by atoms with van der Waals surface area (Å²) in [6.45, 7) is 13.5. The Morgan fingerprint density at radius 2 is 2.14 bits per heavy atom. The van der Waals surface area contributed by atoms with Crippen LogP contribution in [0.15, 0.2) is 4.99 Å². The van der Waals surface area contributed by atoms with Crippen molar-refractivity contribution in [3.63, 3.8) is 0 Å². The first-order chi connectivity index (χ1) is 9.50. The standard InChI is InChI=1S/C15H30N4O.HI/c1-5-16-14(19-7-6-15(2,3)12-19)17-10-13-11-18(4)8-9-20-13;/h13H,5-12H2,1-4H3,(H,16,17);1H. The van der Waals surface area contributed by atoms with E-state index in [2.05, 4.69) is 42.9 Å². The predicted octanol–water partition coefficient (Wildman–Crippen LogP) is 1.63. The quantitative estimate of drug-likeness (QED) is 0.436. The maximum absolute atomic E-state index is 5.79. The molecule has 1 N–H and O–H groups in total. The summed E-state index contributed by atoms with van der Waals surface area (Å²) in [7, 11) is 2.15. The molecule has 0 aromatic carbocycles. The highest BCUT2D eigenvalue weighted by molar-refractivity contribution is 14.0. The summed E-state index contributed by atoms with van der Waals surface area (Å²) in [6, 6.07) is 0. The lowest BCUT2D eigenvalue weighted by Gasteiger charge is -2.30. The lowest BCUT2D eigenvalue weighted by molar-refractivity contribution is -0.0137. The lowest BCUT2D eigenvalue weighted by Crippen LogP contribution is -2.44. The van der Waals surface area contributed by atoms with E-state index >= 15 is 0 Å². The van der Waals surface area contributed by atoms with Gasteiger partial charge in [-0.3, -0.25) is 4.99 Å². The molecule has 0 radical (unpaired) electrons. The van der Waals surface area contributed by atoms with Gasteiger partial charge in [0.05, 0.1) is 19.3 Å². The van der Waals surface area contributed by atoms with Gasteiger partial charge in [0.2, 0.25) is 0 Å². The molecule has 2 fully saturated rings. The minimum Gasteiger partial charge on any atom is -0.374 e. The largest absolute Gasteiger partial charge is 0.374 e. The van der Waals surface area contributed by atoms with E-state index in [1.165, 1.54) is 6.42 Å². The van der Waals surface area contributed by atoms with Gasteiger partial charge in [0.15, 0.2) is 5.96 Å². The molecule has 0 bridgehead atoms. The second-order valence-electron chi connectivity index (χ2n) is 6.79. The molecule has 2 aliphatic rings. The van der Waals surface area contributed by atoms with Gasteiger partial charge in [-0.25, -0.2) is 0 Å². The molecule has 0 spiro atoms. The number of nitrogens with one attached hydrogen (secondary N) is 1. The van der Waals surface area contributed by atoms with Crippen LogP contribution in [0.3, 0.4) is 0 Å². The van der Waals surface area contributed by atoms with Crippen LogP contribution in [0.2, 0.25) is 0 Å². The number of rotatable bonds is 3. The number of guanidine groups is 1. The summed E-state index contributed by atoms with van der Waals surface area (Å²) < 4.78 is 5.79. The smallest absolute Gasteiger partial charge is 0.194 e. The van der Waals surface area contributed by atoms with Gasteiger partial charge in [0, 0.05) is 32.7 Å². The van der Waals surface area contributed by atoms with Crippen LogP contribution in [0.25, 0.3) is 0 Å². The van der Waals surface area contributed by atoms with Crippen molar-refractivity contribution < 1.29 is 4.74 Å². The molecule has 0 aromatic rings. The average Bonchev–Trinajstić information content (AvgIpc) is 2.75. The molecule has 2 aliphatic heterocycles. The van der Waals surface area contributed by atoms with Crippen molar-refractivity contribution in [2.45, 2.75) is 33.3 Å². The second-order valence-corrected chi connectivity index (χ2v) is 6.79. The molecule has 1 atom stereocenters. The van der Waals surface area contributed by atoms with Crippen molar-refractivity contribution in [1.29, 1.82) is 0 Å². The third-order valence-electron chi connectivity index (χ3n) is 4.10. The summed E-state index contributed by atoms with van der Waals surface area (Å²) in [4.78, 5) is 9.50. The molecule has 2 rings (SSSR count). The topological polar surface area (TPSA) is 40.1 Å². The van der Waals surface area contributed by atoms with Gasteiger partial charge < -0.3 is 19.9 Å². The Morgan fingerprint density at radius 3 is 2.71 bits per heavy atom. The fourth-order valence-electron chi connectivity index (χ4n) is 2.88. The lowest BCUT2D eigenvalue weighted by atomic mass is 9.93. The Hall–Kier alpha value is -0.0800. The molecule has 5 nitrogen and oxygen atoms in total. The van der Waals surface area contributed by atoms with E-state index in [1.807, 2.05) is 0 Å². The number of ether oxygens (including phenoxy) is 1. The van der Waals surface area contributed by atoms with Crippen molar-refractivity contribution in [2.75, 3.05) is 52.9 Å². The highest BCUT2D eigenvalue weighted by atomic mass is 127. The number of hydrogen-bond donors (Lipinski definition) is 1. The van der Waals surface area contributed by atoms with Crippen LogP contribution in [0, 0.1) is 5.41 Å². The Morgan fingerprint density at radius 1 is 1.38 bits per heavy atom. The maximum atomic E-state index is 5.79. The van der Waals surface area contributed by atoms with Crippen molar-refractivity contribution in [2.24, 2.45) is 10.4 Å². The second kappa shape index (κ2) is 8.53. The SMILES string of the molecule is CCNC(=NCC1CN(C)CCO1)N1CCC(C)(C)C1.I. The number of nitrogens with zero attached hydrogens (tertiary/aromatic N) is 3. The van der Waals surface area contributed by atoms with Gasteiger partial charge >= 0.3 is 0 Å². The van der Waals surface area contributed by atoms with Crippen LogP contribution in [-0.2, 0) is 4.74 Å². The molecule has 0 aliphatic carbocycles. The number of hydrogen-bond acceptors (Lipinski definition) is 3. The first kappa shape index (κ1) is 19.0. The Labute approximate surface area is 146 Å². The van der Waals surface area contributed by atoms with E-state index in [1.54, 1.807) is 0 Å². The number of aliphatic imine (C=N–C) groups is 1. The summed E-state index contributed by atoms with van der Waals surface area (Å²) in [6.07, 6.45) is 1.47. The third kappa shape index (κ3) is 5.90. The summed E-state index contributed by atoms with van der Waals surface area (Å²) in [5.74, 6) is 1.05. The highest BCUT2D eigenvalue weighted by Crippen LogP contribution is 2.28. The molecule has 0 aromatic heterocycles. The van der Waals surface area contributed by atoms with Crippen molar-refractivity contribution in [3.05, 3.63) is 0 Å². The van der Waals surface area contributed by atoms with E-state index < -0.39 is 0 Å². The van der Waals surface area contributed by atoms with Crippen LogP contribution in [-0.4, -0.2) is 74.8 Å². The first-order valence-electron chi connectivity index (χ1n) is 7.83. The van der Waals surface area contributed by atoms with Gasteiger partial charge in [0.25, 0.3) is 0 Å². The van der Waals surface area contributed by atoms with Crippen molar-refractivity contribution in [3.8, 4) is 0 Å². The van der Waals surface area contributed by atoms with Crippen LogP contribution < -0.4 is 5.32 Å². The zero-order chi connectivity index (χ0) is 14.6. The fraction of sp³-hybridized carbons (Fsp3) is 0.933. The Kier molecular flexibility index (Phi) is 7.70. The number of likely N-dealkylation sites (tertiary alicyclic amines) is 1. The van der Waals surface area contributed by atoms with Crippen LogP contribution in [0.1, 0.15) is 27.2 Å². The molecule has 2 heterocycles. The monoisotopic (exact) mass is 410 g/mol. The van der Waals surface area contributed by atoms with Gasteiger partial charge in [-0.2, -0.15) is 0 Å². The van der Waals surface area contributed by atoms with E-state index in [9.17, 15) is 0 Å². The van der Waals surface area contributed by atoms with Gasteiger partial charge in [0.1, 0.15) is 0 Å². The Balaban J connectivity index is 0.00000220. The molecule has 2 saturated heterocycles. The van der Waals surface area contributed by atoms with Crippen LogP contribution in [0.5, 0.6) is 0 Å². The van der Waals surface area contributed by atoms with E-state index in [-0.39, 0.29) is 30.1 Å². The normalized spacial score (nSPS) is 26.6. The van der Waals surface area contributed by atoms with Crippen molar-refractivity contribution >= 4 is 29.9 Å². The first-order valence-corrected chi connectivity index (χ1v) is 7.83. The summed E-state index contributed by atoms with van der Waals surface area (Å²) in [5, 5.41) is 3.42. The minimum absolute atomic E-state index is 0. The average molecular weight is 410 g/mol. The highest BCUT2D eigenvalue weighted by Gasteiger charge is 2.31. The molecule has 0 saturated carbocycles. The molecule has 124 valence electrons. The Bertz CT molecular complexity index is 349. The molecular formula is C15H31IN4O. The van der Waals surface area contributed by atoms with E-state index in [4.69, 9.17) is 9.73 Å². The maximum Gasteiger partial charge on any atom is 0.194 e. The molecular weight excluding hydrogens is 379 g/mol.